The zero-order valence-corrected chi connectivity index (χ0v) is 21.1. The standard InChI is InChI=1S/C22H15Cl2F4N3O3.C2H6/c1-3-15(20(32-2)22(26,27)28)21-31-30-17(34-21)8-12-4-5-16(24)19(18(12)25)33-14-7-11(10-29)6-13(23)9-14;1-2/h4-7,9H,3,8H2,1-2H3;1-2H3/b20-15+;. The molecule has 0 bridgehead atoms. The van der Waals surface area contributed by atoms with E-state index in [1.165, 1.54) is 37.3 Å². The van der Waals surface area contributed by atoms with Gasteiger partial charge in [-0.15, -0.1) is 10.2 Å². The largest absolute Gasteiger partial charge is 0.492 e. The van der Waals surface area contributed by atoms with Crippen LogP contribution in [-0.4, -0.2) is 23.5 Å². The zero-order chi connectivity index (χ0) is 27.0. The molecule has 0 aliphatic rings. The minimum atomic E-state index is -4.75. The van der Waals surface area contributed by atoms with Crippen LogP contribution in [0.3, 0.4) is 0 Å². The lowest BCUT2D eigenvalue weighted by Gasteiger charge is -2.13. The van der Waals surface area contributed by atoms with E-state index in [1.807, 2.05) is 19.9 Å². The van der Waals surface area contributed by atoms with Crippen molar-refractivity contribution in [3.8, 4) is 17.6 Å². The van der Waals surface area contributed by atoms with Gasteiger partial charge in [0.25, 0.3) is 0 Å². The molecule has 0 unspecified atom stereocenters. The van der Waals surface area contributed by atoms with Crippen molar-refractivity contribution < 1.29 is 31.5 Å². The second kappa shape index (κ2) is 12.6. The van der Waals surface area contributed by atoms with E-state index in [0.717, 1.165) is 7.11 Å². The molecular formula is C24H21Cl2F4N3O3. The number of benzene rings is 2. The molecule has 0 fully saturated rings. The maximum Gasteiger partial charge on any atom is 0.449 e. The van der Waals surface area contributed by atoms with Gasteiger partial charge in [0.15, 0.2) is 11.6 Å². The fourth-order valence-electron chi connectivity index (χ4n) is 3.04. The van der Waals surface area contributed by atoms with Crippen LogP contribution in [0.1, 0.15) is 50.1 Å². The Morgan fingerprint density at radius 2 is 1.83 bits per heavy atom. The van der Waals surface area contributed by atoms with Crippen molar-refractivity contribution in [3.63, 3.8) is 0 Å². The Hall–Kier alpha value is -3.29. The first-order valence-electron chi connectivity index (χ1n) is 10.6. The first-order valence-corrected chi connectivity index (χ1v) is 11.4. The third kappa shape index (κ3) is 6.89. The maximum atomic E-state index is 15.2. The van der Waals surface area contributed by atoms with Crippen LogP contribution in [0, 0.1) is 17.1 Å². The monoisotopic (exact) mass is 545 g/mol. The molecule has 192 valence electrons. The summed E-state index contributed by atoms with van der Waals surface area (Å²) in [7, 11) is 0.889. The van der Waals surface area contributed by atoms with Gasteiger partial charge >= 0.3 is 6.18 Å². The molecule has 1 aromatic heterocycles. The summed E-state index contributed by atoms with van der Waals surface area (Å²) in [6.07, 6.45) is -5.10. The van der Waals surface area contributed by atoms with Gasteiger partial charge in [-0.25, -0.2) is 4.39 Å². The number of halogens is 6. The summed E-state index contributed by atoms with van der Waals surface area (Å²) in [5.74, 6) is -2.89. The number of nitrogens with zero attached hydrogens (tertiary/aromatic N) is 3. The van der Waals surface area contributed by atoms with E-state index < -0.39 is 17.8 Å². The molecule has 1 heterocycles. The number of rotatable bonds is 7. The highest BCUT2D eigenvalue weighted by Crippen LogP contribution is 2.37. The molecule has 0 saturated carbocycles. The van der Waals surface area contributed by atoms with Gasteiger partial charge in [-0.3, -0.25) is 0 Å². The first kappa shape index (κ1) is 28.9. The summed E-state index contributed by atoms with van der Waals surface area (Å²) in [5, 5.41) is 16.6. The van der Waals surface area contributed by atoms with Crippen molar-refractivity contribution in [1.29, 1.82) is 5.26 Å². The van der Waals surface area contributed by atoms with Gasteiger partial charge in [-0.05, 0) is 30.7 Å². The molecule has 0 aliphatic carbocycles. The molecule has 0 amide bonds. The number of ether oxygens (including phenoxy) is 2. The smallest absolute Gasteiger partial charge is 0.449 e. The van der Waals surface area contributed by atoms with E-state index >= 15 is 4.39 Å². The lowest BCUT2D eigenvalue weighted by molar-refractivity contribution is -0.125. The summed E-state index contributed by atoms with van der Waals surface area (Å²) in [5.41, 5.74) is -0.104. The van der Waals surface area contributed by atoms with Crippen molar-refractivity contribution in [1.82, 2.24) is 10.2 Å². The number of hydrogen-bond donors (Lipinski definition) is 0. The van der Waals surface area contributed by atoms with Gasteiger partial charge in [-0.2, -0.15) is 18.4 Å². The Morgan fingerprint density at radius 3 is 2.42 bits per heavy atom. The second-order valence-electron chi connectivity index (χ2n) is 6.78. The number of allylic oxidation sites excluding steroid dienone is 2. The molecule has 12 heteroatoms. The normalized spacial score (nSPS) is 11.7. The molecule has 0 radical (unpaired) electrons. The van der Waals surface area contributed by atoms with E-state index in [9.17, 15) is 13.2 Å². The van der Waals surface area contributed by atoms with Crippen molar-refractivity contribution in [2.24, 2.45) is 0 Å². The Bertz CT molecular complexity index is 1280. The lowest BCUT2D eigenvalue weighted by atomic mass is 10.1. The summed E-state index contributed by atoms with van der Waals surface area (Å²) < 4.78 is 70.2. The Morgan fingerprint density at radius 1 is 1.14 bits per heavy atom. The Balaban J connectivity index is 0.00000222. The van der Waals surface area contributed by atoms with Crippen LogP contribution in [0.15, 0.2) is 40.5 Å². The van der Waals surface area contributed by atoms with Crippen LogP contribution in [-0.2, 0) is 11.2 Å². The van der Waals surface area contributed by atoms with Crippen molar-refractivity contribution >= 4 is 28.8 Å². The van der Waals surface area contributed by atoms with Crippen molar-refractivity contribution in [2.75, 3.05) is 7.11 Å². The highest BCUT2D eigenvalue weighted by Gasteiger charge is 2.39. The fraction of sp³-hybridized carbons (Fsp3) is 0.292. The zero-order valence-electron chi connectivity index (χ0n) is 19.6. The molecule has 0 aliphatic heterocycles. The molecule has 0 atom stereocenters. The average Bonchev–Trinajstić information content (AvgIpc) is 3.30. The predicted molar refractivity (Wildman–Crippen MR) is 126 cm³/mol. The summed E-state index contributed by atoms with van der Waals surface area (Å²) >= 11 is 12.0. The number of nitriles is 1. The van der Waals surface area contributed by atoms with Crippen molar-refractivity contribution in [3.05, 3.63) is 74.9 Å². The highest BCUT2D eigenvalue weighted by molar-refractivity contribution is 6.32. The Kier molecular flexibility index (Phi) is 10.1. The van der Waals surface area contributed by atoms with Crippen LogP contribution in [0.5, 0.6) is 11.5 Å². The van der Waals surface area contributed by atoms with Gasteiger partial charge in [0.1, 0.15) is 5.75 Å². The van der Waals surface area contributed by atoms with Gasteiger partial charge in [-0.1, -0.05) is 50.0 Å². The topological polar surface area (TPSA) is 81.2 Å². The van der Waals surface area contributed by atoms with Crippen molar-refractivity contribution in [2.45, 2.75) is 39.8 Å². The molecule has 3 rings (SSSR count). The summed E-state index contributed by atoms with van der Waals surface area (Å²) in [4.78, 5) is 0. The summed E-state index contributed by atoms with van der Waals surface area (Å²) in [6, 6.07) is 8.75. The summed E-state index contributed by atoms with van der Waals surface area (Å²) in [6.45, 7) is 5.47. The van der Waals surface area contributed by atoms with Gasteiger partial charge < -0.3 is 13.9 Å². The van der Waals surface area contributed by atoms with E-state index in [-0.39, 0.29) is 62.9 Å². The molecule has 36 heavy (non-hydrogen) atoms. The highest BCUT2D eigenvalue weighted by atomic mass is 35.5. The molecule has 0 N–H and O–H groups in total. The quantitative estimate of drug-likeness (QED) is 0.220. The van der Waals surface area contributed by atoms with Crippen LogP contribution < -0.4 is 4.74 Å². The number of methoxy groups -OCH3 is 1. The Labute approximate surface area is 215 Å². The van der Waals surface area contributed by atoms with Crippen LogP contribution in [0.4, 0.5) is 17.6 Å². The van der Waals surface area contributed by atoms with Crippen LogP contribution in [0.25, 0.3) is 5.57 Å². The fourth-order valence-corrected chi connectivity index (χ4v) is 3.45. The number of alkyl halides is 3. The van der Waals surface area contributed by atoms with Gasteiger partial charge in [0.2, 0.25) is 17.5 Å². The van der Waals surface area contributed by atoms with E-state index in [4.69, 9.17) is 37.6 Å². The van der Waals surface area contributed by atoms with E-state index in [0.29, 0.717) is 0 Å². The third-order valence-electron chi connectivity index (χ3n) is 4.51. The number of aromatic nitrogens is 2. The molecule has 6 nitrogen and oxygen atoms in total. The second-order valence-corrected chi connectivity index (χ2v) is 7.62. The predicted octanol–water partition coefficient (Wildman–Crippen LogP) is 8.13. The molecule has 2 aromatic carbocycles. The number of hydrogen-bond acceptors (Lipinski definition) is 6. The average molecular weight is 546 g/mol. The molecular weight excluding hydrogens is 525 g/mol. The van der Waals surface area contributed by atoms with Crippen LogP contribution in [0.2, 0.25) is 10.0 Å². The maximum absolute atomic E-state index is 15.2. The van der Waals surface area contributed by atoms with Gasteiger partial charge in [0, 0.05) is 10.6 Å². The molecule has 3 aromatic rings. The first-order chi connectivity index (χ1) is 17.1. The van der Waals surface area contributed by atoms with E-state index in [2.05, 4.69) is 14.9 Å². The lowest BCUT2D eigenvalue weighted by Crippen LogP contribution is -2.15. The molecule has 0 saturated heterocycles. The molecule has 0 spiro atoms. The van der Waals surface area contributed by atoms with Gasteiger partial charge in [0.05, 0.1) is 35.8 Å². The third-order valence-corrected chi connectivity index (χ3v) is 5.02. The van der Waals surface area contributed by atoms with Crippen LogP contribution >= 0.6 is 23.2 Å². The minimum absolute atomic E-state index is 0.0296. The minimum Gasteiger partial charge on any atom is -0.492 e. The SMILES string of the molecule is CC.CC/C(=C(\OC)C(F)(F)F)c1nnc(Cc2ccc(Cl)c(Oc3cc(Cl)cc(C#N)c3)c2F)o1. The van der Waals surface area contributed by atoms with E-state index in [1.54, 1.807) is 0 Å².